The van der Waals surface area contributed by atoms with Crippen LogP contribution in [0.3, 0.4) is 0 Å². The lowest BCUT2D eigenvalue weighted by molar-refractivity contribution is -0.115. The molecule has 0 aliphatic rings. The molecule has 1 heterocycles. The average molecular weight is 402 g/mol. The van der Waals surface area contributed by atoms with E-state index >= 15 is 0 Å². The van der Waals surface area contributed by atoms with Gasteiger partial charge in [-0.15, -0.1) is 11.3 Å². The topological polar surface area (TPSA) is 80.3 Å². The van der Waals surface area contributed by atoms with Gasteiger partial charge in [0.2, 0.25) is 5.91 Å². The second-order valence-corrected chi connectivity index (χ2v) is 7.29. The van der Waals surface area contributed by atoms with Crippen molar-refractivity contribution in [3.05, 3.63) is 39.3 Å². The van der Waals surface area contributed by atoms with Crippen molar-refractivity contribution in [1.29, 1.82) is 0 Å². The van der Waals surface area contributed by atoms with Gasteiger partial charge < -0.3 is 10.1 Å². The predicted octanol–water partition coefficient (Wildman–Crippen LogP) is 4.84. The molecule has 1 aromatic carbocycles. The lowest BCUT2D eigenvalue weighted by Crippen LogP contribution is -2.17. The van der Waals surface area contributed by atoms with Gasteiger partial charge in [-0.25, -0.2) is 9.78 Å². The van der Waals surface area contributed by atoms with Gasteiger partial charge in [0.15, 0.2) is 5.13 Å². The summed E-state index contributed by atoms with van der Waals surface area (Å²) < 4.78 is 5.01. The molecule has 0 radical (unpaired) electrons. The zero-order valence-electron chi connectivity index (χ0n) is 13.6. The molecule has 0 aliphatic carbocycles. The van der Waals surface area contributed by atoms with E-state index in [0.29, 0.717) is 33.2 Å². The van der Waals surface area contributed by atoms with Crippen molar-refractivity contribution in [1.82, 2.24) is 4.98 Å². The first-order valence-corrected chi connectivity index (χ1v) is 9.10. The van der Waals surface area contributed by atoms with Crippen LogP contribution in [0.25, 0.3) is 0 Å². The maximum Gasteiger partial charge on any atom is 0.413 e. The van der Waals surface area contributed by atoms with Crippen LogP contribution in [-0.4, -0.2) is 23.6 Å². The van der Waals surface area contributed by atoms with Crippen LogP contribution in [-0.2, 0) is 16.0 Å². The zero-order chi connectivity index (χ0) is 18.4. The van der Waals surface area contributed by atoms with Gasteiger partial charge in [0.05, 0.1) is 28.8 Å². The van der Waals surface area contributed by atoms with Crippen molar-refractivity contribution in [2.45, 2.75) is 20.3 Å². The molecule has 0 saturated carbocycles. The lowest BCUT2D eigenvalue weighted by Gasteiger charge is -2.06. The molecule has 0 bridgehead atoms. The van der Waals surface area contributed by atoms with Gasteiger partial charge in [-0.1, -0.05) is 37.0 Å². The van der Waals surface area contributed by atoms with Crippen molar-refractivity contribution in [3.63, 3.8) is 0 Å². The Hall–Kier alpha value is -1.83. The van der Waals surface area contributed by atoms with E-state index in [1.165, 1.54) is 11.3 Å². The number of amides is 2. The number of ether oxygens (including phenoxy) is 1. The smallest absolute Gasteiger partial charge is 0.413 e. The standard InChI is InChI=1S/C16H17Cl2N3O3S/c1-9(2)7-24-16(23)21-15-20-11(8-25-15)6-14(22)19-10-3-4-12(17)13(18)5-10/h3-5,8-9H,6-7H2,1-2H3,(H,19,22)(H,20,21,23). The van der Waals surface area contributed by atoms with E-state index in [1.54, 1.807) is 23.6 Å². The fourth-order valence-electron chi connectivity index (χ4n) is 1.75. The number of rotatable bonds is 6. The molecule has 6 nitrogen and oxygen atoms in total. The summed E-state index contributed by atoms with van der Waals surface area (Å²) in [4.78, 5) is 27.8. The van der Waals surface area contributed by atoms with Crippen molar-refractivity contribution in [2.24, 2.45) is 5.92 Å². The minimum absolute atomic E-state index is 0.0689. The molecule has 0 aliphatic heterocycles. The van der Waals surface area contributed by atoms with E-state index in [2.05, 4.69) is 15.6 Å². The molecular formula is C16H17Cl2N3O3S. The predicted molar refractivity (Wildman–Crippen MR) is 101 cm³/mol. The summed E-state index contributed by atoms with van der Waals surface area (Å²) in [5.74, 6) is 0.000274. The second kappa shape index (κ2) is 9.03. The highest BCUT2D eigenvalue weighted by molar-refractivity contribution is 7.13. The number of nitrogens with one attached hydrogen (secondary N) is 2. The highest BCUT2D eigenvalue weighted by Gasteiger charge is 2.11. The van der Waals surface area contributed by atoms with Gasteiger partial charge in [0.1, 0.15) is 0 Å². The van der Waals surface area contributed by atoms with Gasteiger partial charge in [-0.2, -0.15) is 0 Å². The summed E-state index contributed by atoms with van der Waals surface area (Å²) in [6.07, 6.45) is -0.491. The third-order valence-electron chi connectivity index (χ3n) is 2.85. The number of benzene rings is 1. The SMILES string of the molecule is CC(C)COC(=O)Nc1nc(CC(=O)Nc2ccc(Cl)c(Cl)c2)cs1. The molecule has 2 amide bonds. The number of halogens is 2. The first-order chi connectivity index (χ1) is 11.8. The van der Waals surface area contributed by atoms with E-state index < -0.39 is 6.09 Å². The first kappa shape index (κ1) is 19.5. The molecule has 2 N–H and O–H groups in total. The van der Waals surface area contributed by atoms with Crippen molar-refractivity contribution in [2.75, 3.05) is 17.2 Å². The maximum atomic E-state index is 12.1. The number of carbonyl (C=O) groups excluding carboxylic acids is 2. The Bertz CT molecular complexity index is 765. The van der Waals surface area contributed by atoms with E-state index in [4.69, 9.17) is 27.9 Å². The van der Waals surface area contributed by atoms with E-state index in [0.717, 1.165) is 0 Å². The molecule has 0 spiro atoms. The van der Waals surface area contributed by atoms with Crippen molar-refractivity contribution >= 4 is 57.4 Å². The molecule has 2 rings (SSSR count). The van der Waals surface area contributed by atoms with Gasteiger partial charge in [-0.05, 0) is 24.1 Å². The third kappa shape index (κ3) is 6.53. The Morgan fingerprint density at radius 1 is 1.24 bits per heavy atom. The van der Waals surface area contributed by atoms with Gasteiger partial charge in [0.25, 0.3) is 0 Å². The van der Waals surface area contributed by atoms with Crippen molar-refractivity contribution in [3.8, 4) is 0 Å². The van der Waals surface area contributed by atoms with Gasteiger partial charge >= 0.3 is 6.09 Å². The number of hydrogen-bond acceptors (Lipinski definition) is 5. The minimum Gasteiger partial charge on any atom is -0.449 e. The maximum absolute atomic E-state index is 12.1. The number of aromatic nitrogens is 1. The highest BCUT2D eigenvalue weighted by Crippen LogP contribution is 2.25. The number of anilines is 2. The molecule has 9 heteroatoms. The largest absolute Gasteiger partial charge is 0.449 e. The Balaban J connectivity index is 1.86. The van der Waals surface area contributed by atoms with Crippen LogP contribution in [0, 0.1) is 5.92 Å². The zero-order valence-corrected chi connectivity index (χ0v) is 16.0. The summed E-state index contributed by atoms with van der Waals surface area (Å²) in [6.45, 7) is 4.22. The van der Waals surface area contributed by atoms with Crippen LogP contribution >= 0.6 is 34.5 Å². The molecule has 0 atom stereocenters. The second-order valence-electron chi connectivity index (χ2n) is 5.62. The van der Waals surface area contributed by atoms with Crippen LogP contribution in [0.1, 0.15) is 19.5 Å². The van der Waals surface area contributed by atoms with Gasteiger partial charge in [-0.3, -0.25) is 10.1 Å². The number of nitrogens with zero attached hydrogens (tertiary/aromatic N) is 1. The quantitative estimate of drug-likeness (QED) is 0.725. The Kier molecular flexibility index (Phi) is 7.04. The fourth-order valence-corrected chi connectivity index (χ4v) is 2.75. The third-order valence-corrected chi connectivity index (χ3v) is 4.40. The summed E-state index contributed by atoms with van der Waals surface area (Å²) in [5, 5.41) is 8.11. The van der Waals surface area contributed by atoms with Gasteiger partial charge in [0, 0.05) is 11.1 Å². The first-order valence-electron chi connectivity index (χ1n) is 7.46. The highest BCUT2D eigenvalue weighted by atomic mass is 35.5. The van der Waals surface area contributed by atoms with E-state index in [-0.39, 0.29) is 18.2 Å². The molecule has 134 valence electrons. The number of carbonyl (C=O) groups is 2. The fraction of sp³-hybridized carbons (Fsp3) is 0.312. The summed E-state index contributed by atoms with van der Waals surface area (Å²) in [5.41, 5.74) is 1.09. The monoisotopic (exact) mass is 401 g/mol. The van der Waals surface area contributed by atoms with E-state index in [9.17, 15) is 9.59 Å². The summed E-state index contributed by atoms with van der Waals surface area (Å²) in [7, 11) is 0. The minimum atomic E-state index is -0.560. The molecular weight excluding hydrogens is 385 g/mol. The number of thiazole rings is 1. The molecule has 0 saturated heterocycles. The summed E-state index contributed by atoms with van der Waals surface area (Å²) in [6, 6.07) is 4.83. The van der Waals surface area contributed by atoms with Crippen molar-refractivity contribution < 1.29 is 14.3 Å². The van der Waals surface area contributed by atoms with Crippen LogP contribution < -0.4 is 10.6 Å². The Morgan fingerprint density at radius 2 is 2.00 bits per heavy atom. The Labute approximate surface area is 159 Å². The average Bonchev–Trinajstić information content (AvgIpc) is 2.95. The van der Waals surface area contributed by atoms with Crippen LogP contribution in [0.4, 0.5) is 15.6 Å². The van der Waals surface area contributed by atoms with Crippen LogP contribution in [0.5, 0.6) is 0 Å². The lowest BCUT2D eigenvalue weighted by atomic mass is 10.2. The van der Waals surface area contributed by atoms with Crippen LogP contribution in [0.2, 0.25) is 10.0 Å². The van der Waals surface area contributed by atoms with Crippen LogP contribution in [0.15, 0.2) is 23.6 Å². The summed E-state index contributed by atoms with van der Waals surface area (Å²) >= 11 is 13.0. The molecule has 0 unspecified atom stereocenters. The molecule has 25 heavy (non-hydrogen) atoms. The van der Waals surface area contributed by atoms with E-state index in [1.807, 2.05) is 13.8 Å². The molecule has 0 fully saturated rings. The molecule has 1 aromatic heterocycles. The normalized spacial score (nSPS) is 10.6. The Morgan fingerprint density at radius 3 is 2.68 bits per heavy atom. The molecule has 2 aromatic rings. The number of hydrogen-bond donors (Lipinski definition) is 2.